The fourth-order valence-electron chi connectivity index (χ4n) is 3.22. The maximum atomic E-state index is 12.8. The third kappa shape index (κ3) is 5.25. The first-order valence-electron chi connectivity index (χ1n) is 9.61. The van der Waals surface area contributed by atoms with Crippen molar-refractivity contribution in [2.45, 2.75) is 52.7 Å². The average Bonchev–Trinajstić information content (AvgIpc) is 2.63. The summed E-state index contributed by atoms with van der Waals surface area (Å²) in [6.07, 6.45) is 2.11. The van der Waals surface area contributed by atoms with Crippen molar-refractivity contribution in [2.75, 3.05) is 6.54 Å². The van der Waals surface area contributed by atoms with Gasteiger partial charge < -0.3 is 19.7 Å². The Hall–Kier alpha value is -3.09. The van der Waals surface area contributed by atoms with Gasteiger partial charge in [0, 0.05) is 24.2 Å². The van der Waals surface area contributed by atoms with Gasteiger partial charge in [0.05, 0.1) is 5.52 Å². The summed E-state index contributed by atoms with van der Waals surface area (Å²) in [4.78, 5) is 36.3. The van der Waals surface area contributed by atoms with E-state index in [1.54, 1.807) is 39.0 Å². The zero-order chi connectivity index (χ0) is 21.8. The van der Waals surface area contributed by atoms with Crippen molar-refractivity contribution >= 4 is 29.0 Å². The van der Waals surface area contributed by atoms with Gasteiger partial charge in [-0.1, -0.05) is 25.6 Å². The number of carbonyl (C=O) groups excluding carboxylic acids is 1. The number of carbonyl (C=O) groups is 2. The van der Waals surface area contributed by atoms with Crippen LogP contribution in [0.5, 0.6) is 0 Å². The van der Waals surface area contributed by atoms with Crippen LogP contribution in [0.2, 0.25) is 0 Å². The van der Waals surface area contributed by atoms with Crippen LogP contribution in [-0.4, -0.2) is 33.9 Å². The van der Waals surface area contributed by atoms with Crippen LogP contribution >= 0.6 is 0 Å². The lowest BCUT2D eigenvalue weighted by molar-refractivity contribution is 0.0526. The molecule has 0 saturated carbocycles. The Labute approximate surface area is 170 Å². The van der Waals surface area contributed by atoms with Crippen molar-refractivity contribution in [1.82, 2.24) is 9.88 Å². The summed E-state index contributed by atoms with van der Waals surface area (Å²) in [7, 11) is 0. The Kier molecular flexibility index (Phi) is 6.84. The number of aryl methyl sites for hydroxylation is 1. The van der Waals surface area contributed by atoms with Crippen molar-refractivity contribution in [2.24, 2.45) is 0 Å². The third-order valence-corrected chi connectivity index (χ3v) is 4.41. The number of rotatable bonds is 7. The molecule has 2 rings (SSSR count). The van der Waals surface area contributed by atoms with Gasteiger partial charge in [-0.05, 0) is 51.3 Å². The highest BCUT2D eigenvalue weighted by Gasteiger charge is 2.21. The van der Waals surface area contributed by atoms with Crippen LogP contribution in [0, 0.1) is 0 Å². The lowest BCUT2D eigenvalue weighted by Crippen LogP contribution is -2.33. The fourth-order valence-corrected chi connectivity index (χ4v) is 3.22. The molecule has 0 aliphatic rings. The maximum Gasteiger partial charge on any atom is 0.407 e. The number of nitrogens with one attached hydrogen (secondary N) is 1. The summed E-state index contributed by atoms with van der Waals surface area (Å²) in [6, 6.07) is 5.20. The predicted octanol–water partition coefficient (Wildman–Crippen LogP) is 3.82. The monoisotopic (exact) mass is 400 g/mol. The number of carboxylic acids is 1. The zero-order valence-electron chi connectivity index (χ0n) is 17.4. The number of carboxylic acid groups (broad SMARTS) is 1. The van der Waals surface area contributed by atoms with Gasteiger partial charge in [-0.2, -0.15) is 0 Å². The molecule has 156 valence electrons. The largest absolute Gasteiger partial charge is 0.477 e. The second-order valence-electron chi connectivity index (χ2n) is 7.72. The van der Waals surface area contributed by atoms with Crippen LogP contribution in [0.1, 0.15) is 55.7 Å². The number of hydrogen-bond donors (Lipinski definition) is 2. The van der Waals surface area contributed by atoms with Crippen LogP contribution in [-0.2, 0) is 17.7 Å². The number of aromatic nitrogens is 1. The number of amides is 1. The summed E-state index contributed by atoms with van der Waals surface area (Å²) < 4.78 is 7.07. The topological polar surface area (TPSA) is 97.6 Å². The Morgan fingerprint density at radius 2 is 2.00 bits per heavy atom. The quantitative estimate of drug-likeness (QED) is 0.689. The second-order valence-corrected chi connectivity index (χ2v) is 7.72. The molecule has 2 aromatic rings. The standard InChI is InChI=1S/C22H28N2O5/c1-6-14-9-10-15-17(13-14)24(16(7-2)18(19(15)25)20(26)27)12-8-11-23-21(28)29-22(3,4)5/h6,9-10,13H,1,7-8,11-12H2,2-5H3,(H,23,28)(H,26,27). The SMILES string of the molecule is C=Cc1ccc2c(=O)c(C(=O)O)c(CC)n(CCCNC(=O)OC(C)(C)C)c2c1. The Morgan fingerprint density at radius 1 is 1.31 bits per heavy atom. The first-order chi connectivity index (χ1) is 13.6. The van der Waals surface area contributed by atoms with Gasteiger partial charge in [0.15, 0.2) is 0 Å². The van der Waals surface area contributed by atoms with Crippen LogP contribution in [0.15, 0.2) is 29.6 Å². The minimum atomic E-state index is -1.23. The highest BCUT2D eigenvalue weighted by Crippen LogP contribution is 2.20. The lowest BCUT2D eigenvalue weighted by atomic mass is 10.0. The summed E-state index contributed by atoms with van der Waals surface area (Å²) in [6.45, 7) is 11.7. The Balaban J connectivity index is 2.38. The number of pyridine rings is 1. The highest BCUT2D eigenvalue weighted by molar-refractivity contribution is 5.94. The minimum Gasteiger partial charge on any atom is -0.477 e. The van der Waals surface area contributed by atoms with Crippen LogP contribution in [0.4, 0.5) is 4.79 Å². The van der Waals surface area contributed by atoms with Gasteiger partial charge in [-0.15, -0.1) is 0 Å². The average molecular weight is 400 g/mol. The van der Waals surface area contributed by atoms with Gasteiger partial charge in [0.2, 0.25) is 5.43 Å². The van der Waals surface area contributed by atoms with E-state index in [4.69, 9.17) is 4.74 Å². The molecule has 0 bridgehead atoms. The molecular weight excluding hydrogens is 372 g/mol. The van der Waals surface area contributed by atoms with Crippen LogP contribution < -0.4 is 10.7 Å². The number of nitrogens with zero attached hydrogens (tertiary/aromatic N) is 1. The van der Waals surface area contributed by atoms with Crippen molar-refractivity contribution in [1.29, 1.82) is 0 Å². The normalized spacial score (nSPS) is 11.3. The molecule has 29 heavy (non-hydrogen) atoms. The molecule has 0 radical (unpaired) electrons. The van der Waals surface area contributed by atoms with Crippen molar-refractivity contribution < 1.29 is 19.4 Å². The van der Waals surface area contributed by atoms with Gasteiger partial charge in [0.25, 0.3) is 0 Å². The number of fused-ring (bicyclic) bond motifs is 1. The summed E-state index contributed by atoms with van der Waals surface area (Å²) in [5, 5.41) is 12.7. The molecule has 0 aliphatic heterocycles. The van der Waals surface area contributed by atoms with E-state index in [1.165, 1.54) is 0 Å². The van der Waals surface area contributed by atoms with Gasteiger partial charge >= 0.3 is 12.1 Å². The van der Waals surface area contributed by atoms with Crippen molar-refractivity contribution in [3.63, 3.8) is 0 Å². The fraction of sp³-hybridized carbons (Fsp3) is 0.409. The molecule has 1 aromatic carbocycles. The van der Waals surface area contributed by atoms with E-state index < -0.39 is 23.1 Å². The van der Waals surface area contributed by atoms with E-state index in [1.807, 2.05) is 17.6 Å². The molecule has 0 fully saturated rings. The molecule has 0 saturated heterocycles. The van der Waals surface area contributed by atoms with E-state index in [2.05, 4.69) is 11.9 Å². The first kappa shape index (κ1) is 22.2. The molecule has 0 unspecified atom stereocenters. The molecule has 0 atom stereocenters. The smallest absolute Gasteiger partial charge is 0.407 e. The molecule has 7 nitrogen and oxygen atoms in total. The summed E-state index contributed by atoms with van der Waals surface area (Å²) >= 11 is 0. The Morgan fingerprint density at radius 3 is 2.55 bits per heavy atom. The minimum absolute atomic E-state index is 0.202. The molecular formula is C22H28N2O5. The summed E-state index contributed by atoms with van der Waals surface area (Å²) in [5.74, 6) is -1.23. The van der Waals surface area contributed by atoms with Crippen molar-refractivity contribution in [3.8, 4) is 0 Å². The number of ether oxygens (including phenoxy) is 1. The molecule has 0 aliphatic carbocycles. The molecule has 2 N–H and O–H groups in total. The molecule has 0 spiro atoms. The molecule has 1 amide bonds. The maximum absolute atomic E-state index is 12.8. The van der Waals surface area contributed by atoms with Crippen molar-refractivity contribution in [3.05, 3.63) is 51.8 Å². The molecule has 7 heteroatoms. The van der Waals surface area contributed by atoms with Gasteiger partial charge in [-0.3, -0.25) is 4.79 Å². The van der Waals surface area contributed by atoms with E-state index >= 15 is 0 Å². The predicted molar refractivity (Wildman–Crippen MR) is 113 cm³/mol. The second kappa shape index (κ2) is 8.94. The van der Waals surface area contributed by atoms with Crippen LogP contribution in [0.25, 0.3) is 17.0 Å². The van der Waals surface area contributed by atoms with Crippen LogP contribution in [0.3, 0.4) is 0 Å². The van der Waals surface area contributed by atoms with E-state index in [0.717, 1.165) is 5.56 Å². The molecule has 1 aromatic heterocycles. The highest BCUT2D eigenvalue weighted by atomic mass is 16.6. The lowest BCUT2D eigenvalue weighted by Gasteiger charge is -2.21. The van der Waals surface area contributed by atoms with E-state index in [-0.39, 0.29) is 5.56 Å². The number of hydrogen-bond acceptors (Lipinski definition) is 4. The number of alkyl carbamates (subject to hydrolysis) is 1. The van der Waals surface area contributed by atoms with E-state index in [0.29, 0.717) is 42.5 Å². The Bertz CT molecular complexity index is 999. The zero-order valence-corrected chi connectivity index (χ0v) is 17.4. The molecule has 1 heterocycles. The van der Waals surface area contributed by atoms with E-state index in [9.17, 15) is 19.5 Å². The third-order valence-electron chi connectivity index (χ3n) is 4.41. The number of benzene rings is 1. The van der Waals surface area contributed by atoms with Gasteiger partial charge in [-0.25, -0.2) is 9.59 Å². The summed E-state index contributed by atoms with van der Waals surface area (Å²) in [5.41, 5.74) is 0.698. The van der Waals surface area contributed by atoms with Gasteiger partial charge in [0.1, 0.15) is 11.2 Å². The first-order valence-corrected chi connectivity index (χ1v) is 9.61. The number of aromatic carboxylic acids is 1.